The van der Waals surface area contributed by atoms with Crippen LogP contribution in [0.25, 0.3) is 0 Å². The number of sulfone groups is 1. The summed E-state index contributed by atoms with van der Waals surface area (Å²) in [6.07, 6.45) is 3.63. The van der Waals surface area contributed by atoms with Gasteiger partial charge >= 0.3 is 0 Å². The van der Waals surface area contributed by atoms with Gasteiger partial charge in [0, 0.05) is 18.8 Å². The largest absolute Gasteiger partial charge is 0.337 e. The molecule has 0 aromatic carbocycles. The Hall–Kier alpha value is -1.18. The van der Waals surface area contributed by atoms with Crippen LogP contribution in [0.15, 0.2) is 0 Å². The van der Waals surface area contributed by atoms with Gasteiger partial charge in [-0.3, -0.25) is 0 Å². The third kappa shape index (κ3) is 4.91. The topological polar surface area (TPSA) is 81.0 Å². The molecule has 1 aliphatic heterocycles. The van der Waals surface area contributed by atoms with E-state index in [1.54, 1.807) is 4.68 Å². The summed E-state index contributed by atoms with van der Waals surface area (Å²) in [5.41, 5.74) is -0.422. The van der Waals surface area contributed by atoms with E-state index in [4.69, 9.17) is 0 Å². The number of hydrogen-bond acceptors (Lipinski definition) is 6. The smallest absolute Gasteiger partial charge is 0.245 e. The van der Waals surface area contributed by atoms with Crippen molar-refractivity contribution in [2.45, 2.75) is 60.0 Å². The molecule has 1 aliphatic rings. The molecule has 0 saturated carbocycles. The van der Waals surface area contributed by atoms with E-state index in [1.807, 2.05) is 13.8 Å². The van der Waals surface area contributed by atoms with Crippen molar-refractivity contribution in [2.75, 3.05) is 23.5 Å². The maximum absolute atomic E-state index is 11.7. The first-order chi connectivity index (χ1) is 11.0. The van der Waals surface area contributed by atoms with Crippen LogP contribution in [0.1, 0.15) is 47.5 Å². The van der Waals surface area contributed by atoms with Crippen molar-refractivity contribution in [3.63, 3.8) is 0 Å². The first-order valence-electron chi connectivity index (χ1n) is 8.69. The van der Waals surface area contributed by atoms with E-state index in [9.17, 15) is 8.42 Å². The fourth-order valence-corrected chi connectivity index (χ4v) is 5.14. The third-order valence-electron chi connectivity index (χ3n) is 4.86. The van der Waals surface area contributed by atoms with E-state index in [2.05, 4.69) is 41.2 Å². The minimum absolute atomic E-state index is 0.115. The van der Waals surface area contributed by atoms with Gasteiger partial charge in [-0.05, 0) is 47.4 Å². The van der Waals surface area contributed by atoms with Crippen molar-refractivity contribution >= 4 is 15.8 Å². The molecule has 138 valence electrons. The number of anilines is 1. The Morgan fingerprint density at radius 2 is 1.96 bits per heavy atom. The fourth-order valence-electron chi connectivity index (χ4n) is 3.63. The second kappa shape index (κ2) is 6.98. The first kappa shape index (κ1) is 19.1. The molecule has 8 heteroatoms. The second-order valence-electron chi connectivity index (χ2n) is 8.45. The van der Waals surface area contributed by atoms with Crippen molar-refractivity contribution in [3.8, 4) is 0 Å². The SMILES string of the molecule is CC(C)C1CCC(C)N(c2nnnn2CC(C)(C)CS(C)(=O)=O)C1. The van der Waals surface area contributed by atoms with E-state index >= 15 is 0 Å². The quantitative estimate of drug-likeness (QED) is 0.775. The van der Waals surface area contributed by atoms with E-state index in [0.29, 0.717) is 24.4 Å². The van der Waals surface area contributed by atoms with Crippen LogP contribution in [0.3, 0.4) is 0 Å². The Balaban J connectivity index is 2.20. The highest BCUT2D eigenvalue weighted by Crippen LogP contribution is 2.31. The van der Waals surface area contributed by atoms with Gasteiger partial charge in [0.05, 0.1) is 12.3 Å². The summed E-state index contributed by atoms with van der Waals surface area (Å²) >= 11 is 0. The molecule has 0 radical (unpaired) electrons. The Bertz CT molecular complexity index is 653. The average molecular weight is 358 g/mol. The highest BCUT2D eigenvalue weighted by Gasteiger charge is 2.32. The van der Waals surface area contributed by atoms with Gasteiger partial charge in [-0.1, -0.05) is 32.8 Å². The molecule has 0 aliphatic carbocycles. The van der Waals surface area contributed by atoms with Gasteiger partial charge in [0.25, 0.3) is 0 Å². The van der Waals surface area contributed by atoms with E-state index in [0.717, 1.165) is 18.9 Å². The van der Waals surface area contributed by atoms with Gasteiger partial charge in [0.15, 0.2) is 0 Å². The Morgan fingerprint density at radius 1 is 1.29 bits per heavy atom. The van der Waals surface area contributed by atoms with Gasteiger partial charge in [-0.15, -0.1) is 0 Å². The van der Waals surface area contributed by atoms with Gasteiger partial charge in [-0.2, -0.15) is 0 Å². The lowest BCUT2D eigenvalue weighted by atomic mass is 9.85. The molecule has 1 aromatic heterocycles. The van der Waals surface area contributed by atoms with Crippen molar-refractivity contribution in [1.82, 2.24) is 20.2 Å². The number of tetrazole rings is 1. The van der Waals surface area contributed by atoms with Crippen LogP contribution >= 0.6 is 0 Å². The molecule has 2 unspecified atom stereocenters. The summed E-state index contributed by atoms with van der Waals surface area (Å²) < 4.78 is 25.1. The lowest BCUT2D eigenvalue weighted by molar-refractivity contribution is 0.281. The van der Waals surface area contributed by atoms with Gasteiger partial charge < -0.3 is 4.90 Å². The summed E-state index contributed by atoms with van der Waals surface area (Å²) in [7, 11) is -3.05. The highest BCUT2D eigenvalue weighted by molar-refractivity contribution is 7.90. The lowest BCUT2D eigenvalue weighted by Gasteiger charge is -2.40. The number of hydrogen-bond donors (Lipinski definition) is 0. The number of aromatic nitrogens is 4. The van der Waals surface area contributed by atoms with Crippen LogP contribution in [0.5, 0.6) is 0 Å². The molecule has 0 N–H and O–H groups in total. The first-order valence-corrected chi connectivity index (χ1v) is 10.7. The molecular weight excluding hydrogens is 326 g/mol. The Kier molecular flexibility index (Phi) is 5.57. The summed E-state index contributed by atoms with van der Waals surface area (Å²) in [5, 5.41) is 12.2. The number of nitrogens with zero attached hydrogens (tertiary/aromatic N) is 5. The van der Waals surface area contributed by atoms with Crippen LogP contribution < -0.4 is 4.90 Å². The molecule has 2 rings (SSSR count). The van der Waals surface area contributed by atoms with Crippen LogP contribution in [0.4, 0.5) is 5.95 Å². The molecule has 0 amide bonds. The van der Waals surface area contributed by atoms with Gasteiger partial charge in [-0.25, -0.2) is 13.1 Å². The van der Waals surface area contributed by atoms with Crippen LogP contribution in [-0.2, 0) is 16.4 Å². The summed E-state index contributed by atoms with van der Waals surface area (Å²) in [6.45, 7) is 12.0. The van der Waals surface area contributed by atoms with Crippen LogP contribution in [0.2, 0.25) is 0 Å². The average Bonchev–Trinajstić information content (AvgIpc) is 2.83. The molecular formula is C16H31N5O2S. The predicted octanol–water partition coefficient (Wildman–Crippen LogP) is 2.00. The van der Waals surface area contributed by atoms with Crippen molar-refractivity contribution in [1.29, 1.82) is 0 Å². The Labute approximate surface area is 145 Å². The molecule has 1 saturated heterocycles. The monoisotopic (exact) mass is 357 g/mol. The maximum atomic E-state index is 11.7. The standard InChI is InChI=1S/C16H31N5O2S/c1-12(2)14-8-7-13(3)20(9-14)15-17-18-19-21(15)10-16(4,5)11-24(6,22)23/h12-14H,7-11H2,1-6H3. The zero-order valence-corrected chi connectivity index (χ0v) is 16.5. The fraction of sp³-hybridized carbons (Fsp3) is 0.938. The zero-order valence-electron chi connectivity index (χ0n) is 15.7. The lowest BCUT2D eigenvalue weighted by Crippen LogP contribution is -2.45. The highest BCUT2D eigenvalue weighted by atomic mass is 32.2. The maximum Gasteiger partial charge on any atom is 0.245 e. The van der Waals surface area contributed by atoms with E-state index in [1.165, 1.54) is 12.7 Å². The number of piperidine rings is 1. The second-order valence-corrected chi connectivity index (χ2v) is 10.6. The van der Waals surface area contributed by atoms with Crippen molar-refractivity contribution in [3.05, 3.63) is 0 Å². The molecule has 24 heavy (non-hydrogen) atoms. The minimum atomic E-state index is -3.05. The predicted molar refractivity (Wildman–Crippen MR) is 95.7 cm³/mol. The third-order valence-corrected chi connectivity index (χ3v) is 6.17. The zero-order chi connectivity index (χ0) is 18.1. The molecule has 7 nitrogen and oxygen atoms in total. The van der Waals surface area contributed by atoms with Crippen LogP contribution in [0, 0.1) is 17.3 Å². The number of rotatable bonds is 6. The normalized spacial score (nSPS) is 23.0. The minimum Gasteiger partial charge on any atom is -0.337 e. The van der Waals surface area contributed by atoms with Gasteiger partial charge in [0.2, 0.25) is 5.95 Å². The van der Waals surface area contributed by atoms with E-state index < -0.39 is 15.3 Å². The summed E-state index contributed by atoms with van der Waals surface area (Å²) in [4.78, 5) is 2.28. The van der Waals surface area contributed by atoms with E-state index in [-0.39, 0.29) is 5.75 Å². The molecule has 2 atom stereocenters. The molecule has 0 bridgehead atoms. The summed E-state index contributed by atoms with van der Waals surface area (Å²) in [6, 6.07) is 0.391. The van der Waals surface area contributed by atoms with Gasteiger partial charge in [0.1, 0.15) is 9.84 Å². The molecule has 0 spiro atoms. The molecule has 2 heterocycles. The van der Waals surface area contributed by atoms with Crippen LogP contribution in [-0.4, -0.2) is 53.2 Å². The molecule has 1 aromatic rings. The summed E-state index contributed by atoms with van der Waals surface area (Å²) in [5.74, 6) is 2.14. The molecule has 1 fully saturated rings. The van der Waals surface area contributed by atoms with Crippen molar-refractivity contribution < 1.29 is 8.42 Å². The van der Waals surface area contributed by atoms with Crippen molar-refractivity contribution in [2.24, 2.45) is 17.3 Å². The Morgan fingerprint density at radius 3 is 2.54 bits per heavy atom.